The number of fused-ring (bicyclic) bond motifs is 1. The van der Waals surface area contributed by atoms with Gasteiger partial charge in [-0.2, -0.15) is 4.98 Å². The number of carbonyl (C=O) groups excluding carboxylic acids is 1. The molecule has 1 saturated carbocycles. The Bertz CT molecular complexity index is 1470. The maximum Gasteiger partial charge on any atom is 0.332 e. The topological polar surface area (TPSA) is 145 Å². The molecule has 2 fully saturated rings. The number of halogens is 1. The van der Waals surface area contributed by atoms with Crippen molar-refractivity contribution in [2.24, 2.45) is 5.73 Å². The van der Waals surface area contributed by atoms with Crippen molar-refractivity contribution in [2.75, 3.05) is 6.61 Å². The van der Waals surface area contributed by atoms with Gasteiger partial charge in [-0.1, -0.05) is 47.1 Å². The summed E-state index contributed by atoms with van der Waals surface area (Å²) in [5.41, 5.74) is 8.78. The number of nitrogens with zero attached hydrogens (tertiary/aromatic N) is 3. The lowest BCUT2D eigenvalue weighted by molar-refractivity contribution is -0.147. The number of para-hydroxylation sites is 1. The highest BCUT2D eigenvalue weighted by atomic mass is 35.5. The van der Waals surface area contributed by atoms with Crippen LogP contribution in [0.2, 0.25) is 5.02 Å². The molecule has 38 heavy (non-hydrogen) atoms. The van der Waals surface area contributed by atoms with Gasteiger partial charge in [0, 0.05) is 31.1 Å². The second-order valence-corrected chi connectivity index (χ2v) is 9.88. The van der Waals surface area contributed by atoms with E-state index in [1.54, 1.807) is 6.92 Å². The molecule has 0 spiro atoms. The number of hydrogen-bond donors (Lipinski definition) is 3. The number of carbonyl (C=O) groups is 2. The van der Waals surface area contributed by atoms with Gasteiger partial charge in [0.05, 0.1) is 16.1 Å². The summed E-state index contributed by atoms with van der Waals surface area (Å²) in [7, 11) is 0. The number of aromatic nitrogens is 3. The molecule has 1 saturated heterocycles. The Labute approximate surface area is 223 Å². The molecule has 6 rings (SSSR count). The van der Waals surface area contributed by atoms with E-state index in [-0.39, 0.29) is 5.91 Å². The quantitative estimate of drug-likeness (QED) is 0.334. The van der Waals surface area contributed by atoms with Crippen LogP contribution in [0.4, 0.5) is 0 Å². The molecule has 3 heterocycles. The van der Waals surface area contributed by atoms with Gasteiger partial charge in [0.25, 0.3) is 0 Å². The molecule has 4 N–H and O–H groups in total. The molecule has 10 nitrogen and oxygen atoms in total. The molecule has 0 bridgehead atoms. The van der Waals surface area contributed by atoms with Crippen molar-refractivity contribution in [3.8, 4) is 17.2 Å². The molecular weight excluding hydrogens is 510 g/mol. The molecule has 1 amide bonds. The number of aryl methyl sites for hydroxylation is 1. The Morgan fingerprint density at radius 2 is 1.95 bits per heavy atom. The molecule has 198 valence electrons. The first-order valence-electron chi connectivity index (χ1n) is 12.4. The summed E-state index contributed by atoms with van der Waals surface area (Å²) in [4.78, 5) is 26.5. The van der Waals surface area contributed by atoms with Crippen molar-refractivity contribution in [1.82, 2.24) is 20.0 Å². The first kappa shape index (κ1) is 25.9. The highest BCUT2D eigenvalue weighted by molar-refractivity contribution is 6.38. The summed E-state index contributed by atoms with van der Waals surface area (Å²) in [5.74, 6) is -0.0213. The van der Waals surface area contributed by atoms with Gasteiger partial charge in [0.1, 0.15) is 5.69 Å². The number of carboxylic acids is 1. The Hall–Kier alpha value is -3.73. The third-order valence-corrected chi connectivity index (χ3v) is 7.03. The molecule has 1 unspecified atom stereocenters. The van der Waals surface area contributed by atoms with Gasteiger partial charge in [-0.15, -0.1) is 0 Å². The minimum Gasteiger partial charge on any atom is -0.479 e. The van der Waals surface area contributed by atoms with Crippen LogP contribution in [0.25, 0.3) is 28.1 Å². The number of nitrogens with two attached hydrogens (primary N) is 1. The molecule has 2 aromatic carbocycles. The normalized spacial score (nSPS) is 17.6. The summed E-state index contributed by atoms with van der Waals surface area (Å²) >= 11 is 6.72. The minimum absolute atomic E-state index is 0.0930. The standard InChI is InChI=1S/C22H20ClN5O2.C5H8O3/c1-13-26-20(27-30-13)19-18(23)16-4-2-3-5-17(16)28(19)15-8-6-14(7-9-15)12-25-21(29)22(24)10-11-22;6-5(7)4-2-1-3-8-4/h2-9H,10-12,24H2,1H3,(H,25,29);4H,1-3H2,(H,6,7). The van der Waals surface area contributed by atoms with Crippen LogP contribution in [-0.4, -0.2) is 49.9 Å². The fraction of sp³-hybridized carbons (Fsp3) is 0.333. The fourth-order valence-electron chi connectivity index (χ4n) is 4.32. The van der Waals surface area contributed by atoms with Crippen LogP contribution in [0, 0.1) is 6.92 Å². The van der Waals surface area contributed by atoms with Crippen LogP contribution >= 0.6 is 11.6 Å². The molecule has 0 radical (unpaired) electrons. The molecule has 1 aliphatic heterocycles. The van der Waals surface area contributed by atoms with Gasteiger partial charge >= 0.3 is 5.97 Å². The smallest absolute Gasteiger partial charge is 0.332 e. The SMILES string of the molecule is Cc1nc(-c2c(Cl)c3ccccc3n2-c2ccc(CNC(=O)C3(N)CC3)cc2)no1.O=C(O)C1CCCO1. The summed E-state index contributed by atoms with van der Waals surface area (Å²) in [5, 5.41) is 16.7. The zero-order valence-corrected chi connectivity index (χ0v) is 21.6. The maximum atomic E-state index is 12.1. The van der Waals surface area contributed by atoms with Crippen LogP contribution in [0.3, 0.4) is 0 Å². The number of rotatable bonds is 6. The molecular formula is C27H28ClN5O5. The maximum absolute atomic E-state index is 12.1. The number of aliphatic carboxylic acids is 1. The number of carboxylic acid groups (broad SMARTS) is 1. The zero-order chi connectivity index (χ0) is 26.9. The zero-order valence-electron chi connectivity index (χ0n) is 20.8. The second-order valence-electron chi connectivity index (χ2n) is 9.50. The molecule has 1 atom stereocenters. The van der Waals surface area contributed by atoms with Gasteiger partial charge < -0.3 is 30.0 Å². The first-order chi connectivity index (χ1) is 18.3. The Kier molecular flexibility index (Phi) is 7.20. The van der Waals surface area contributed by atoms with Gasteiger partial charge in [-0.05, 0) is 49.4 Å². The average molecular weight is 538 g/mol. The number of nitrogens with one attached hydrogen (secondary N) is 1. The van der Waals surface area contributed by atoms with Crippen molar-refractivity contribution in [3.63, 3.8) is 0 Å². The number of amides is 1. The summed E-state index contributed by atoms with van der Waals surface area (Å²) in [6.07, 6.45) is 2.54. The molecule has 11 heteroatoms. The number of ether oxygens (including phenoxy) is 1. The molecule has 4 aromatic rings. The lowest BCUT2D eigenvalue weighted by Crippen LogP contribution is -2.42. The monoisotopic (exact) mass is 537 g/mol. The van der Waals surface area contributed by atoms with Crippen LogP contribution in [0.5, 0.6) is 0 Å². The van der Waals surface area contributed by atoms with Crippen LogP contribution in [-0.2, 0) is 20.9 Å². The predicted octanol–water partition coefficient (Wildman–Crippen LogP) is 4.00. The van der Waals surface area contributed by atoms with Crippen molar-refractivity contribution in [1.29, 1.82) is 0 Å². The minimum atomic E-state index is -0.831. The average Bonchev–Trinajstić information content (AvgIpc) is 3.27. The fourth-order valence-corrected chi connectivity index (χ4v) is 4.65. The van der Waals surface area contributed by atoms with Crippen molar-refractivity contribution in [3.05, 3.63) is 65.0 Å². The van der Waals surface area contributed by atoms with Gasteiger partial charge in [0.2, 0.25) is 17.6 Å². The van der Waals surface area contributed by atoms with Crippen LogP contribution in [0.1, 0.15) is 37.1 Å². The number of hydrogen-bond acceptors (Lipinski definition) is 7. The van der Waals surface area contributed by atoms with Crippen molar-refractivity contribution >= 4 is 34.4 Å². The molecule has 2 aliphatic rings. The largest absolute Gasteiger partial charge is 0.479 e. The van der Waals surface area contributed by atoms with E-state index in [1.165, 1.54) is 0 Å². The Morgan fingerprint density at radius 1 is 1.21 bits per heavy atom. The van der Waals surface area contributed by atoms with Gasteiger partial charge in [0.15, 0.2) is 6.10 Å². The first-order valence-corrected chi connectivity index (χ1v) is 12.8. The van der Waals surface area contributed by atoms with E-state index < -0.39 is 17.6 Å². The Morgan fingerprint density at radius 3 is 2.53 bits per heavy atom. The van der Waals surface area contributed by atoms with Crippen molar-refractivity contribution < 1.29 is 24.0 Å². The van der Waals surface area contributed by atoms with Gasteiger partial charge in [-0.3, -0.25) is 4.79 Å². The third-order valence-electron chi connectivity index (χ3n) is 6.65. The summed E-state index contributed by atoms with van der Waals surface area (Å²) in [6, 6.07) is 15.8. The highest BCUT2D eigenvalue weighted by Crippen LogP contribution is 2.38. The lowest BCUT2D eigenvalue weighted by atomic mass is 10.2. The summed E-state index contributed by atoms with van der Waals surface area (Å²) in [6.45, 7) is 2.78. The molecule has 2 aromatic heterocycles. The van der Waals surface area contributed by atoms with E-state index in [1.807, 2.05) is 53.1 Å². The van der Waals surface area contributed by atoms with Gasteiger partial charge in [-0.25, -0.2) is 4.79 Å². The van der Waals surface area contributed by atoms with Crippen LogP contribution < -0.4 is 11.1 Å². The lowest BCUT2D eigenvalue weighted by Gasteiger charge is -2.12. The van der Waals surface area contributed by atoms with Crippen LogP contribution in [0.15, 0.2) is 53.1 Å². The van der Waals surface area contributed by atoms with Crippen molar-refractivity contribution in [2.45, 2.75) is 50.8 Å². The van der Waals surface area contributed by atoms with E-state index in [0.29, 0.717) is 42.0 Å². The predicted molar refractivity (Wildman–Crippen MR) is 141 cm³/mol. The van der Waals surface area contributed by atoms with E-state index in [0.717, 1.165) is 41.4 Å². The van der Waals surface area contributed by atoms with E-state index >= 15 is 0 Å². The molecule has 1 aliphatic carbocycles. The van der Waals surface area contributed by atoms with E-state index in [2.05, 4.69) is 15.5 Å². The Balaban J connectivity index is 0.000000316. The number of benzene rings is 2. The van der Waals surface area contributed by atoms with E-state index in [4.69, 9.17) is 31.7 Å². The second kappa shape index (κ2) is 10.6. The van der Waals surface area contributed by atoms with E-state index in [9.17, 15) is 9.59 Å². The third kappa shape index (κ3) is 5.28. The highest BCUT2D eigenvalue weighted by Gasteiger charge is 2.45. The summed E-state index contributed by atoms with van der Waals surface area (Å²) < 4.78 is 12.0.